The number of rotatable bonds is 6. The van der Waals surface area contributed by atoms with E-state index < -0.39 is 10.0 Å². The van der Waals surface area contributed by atoms with Gasteiger partial charge in [0.1, 0.15) is 11.5 Å². The number of nitrogens with zero attached hydrogens (tertiary/aromatic N) is 1. The normalized spacial score (nSPS) is 11.1. The Morgan fingerprint density at radius 3 is 2.35 bits per heavy atom. The van der Waals surface area contributed by atoms with Gasteiger partial charge >= 0.3 is 0 Å². The van der Waals surface area contributed by atoms with Crippen LogP contribution in [0.3, 0.4) is 0 Å². The second-order valence-corrected chi connectivity index (χ2v) is 7.21. The molecule has 0 aliphatic rings. The molecule has 124 valence electrons. The molecule has 0 radical (unpaired) electrons. The van der Waals surface area contributed by atoms with Gasteiger partial charge in [-0.3, -0.25) is 4.31 Å². The molecule has 0 amide bonds. The Hall–Kier alpha value is -1.92. The molecule has 0 aromatic heterocycles. The van der Waals surface area contributed by atoms with Gasteiger partial charge < -0.3 is 9.47 Å². The third kappa shape index (κ3) is 4.09. The van der Waals surface area contributed by atoms with E-state index >= 15 is 0 Å². The summed E-state index contributed by atoms with van der Waals surface area (Å²) in [5, 5.41) is 0.503. The SMILES string of the molecule is COc1ccc(OC)c(N(Cc2ccccc2Cl)S(C)(=O)=O)c1. The molecule has 0 heterocycles. The van der Waals surface area contributed by atoms with Crippen molar-refractivity contribution in [2.45, 2.75) is 6.54 Å². The van der Waals surface area contributed by atoms with Crippen LogP contribution in [0.5, 0.6) is 11.5 Å². The Labute approximate surface area is 141 Å². The maximum atomic E-state index is 12.3. The molecule has 23 heavy (non-hydrogen) atoms. The molecule has 7 heteroatoms. The van der Waals surface area contributed by atoms with Crippen molar-refractivity contribution in [3.05, 3.63) is 53.1 Å². The second-order valence-electron chi connectivity index (χ2n) is 4.90. The molecule has 0 bridgehead atoms. The van der Waals surface area contributed by atoms with Crippen LogP contribution in [0.1, 0.15) is 5.56 Å². The Morgan fingerprint density at radius 1 is 1.09 bits per heavy atom. The van der Waals surface area contributed by atoms with E-state index in [2.05, 4.69) is 0 Å². The van der Waals surface area contributed by atoms with E-state index in [9.17, 15) is 8.42 Å². The van der Waals surface area contributed by atoms with Crippen molar-refractivity contribution in [1.82, 2.24) is 0 Å². The first-order valence-electron chi connectivity index (χ1n) is 6.80. The predicted molar refractivity (Wildman–Crippen MR) is 92.0 cm³/mol. The molecular formula is C16H18ClNO4S. The summed E-state index contributed by atoms with van der Waals surface area (Å²) >= 11 is 6.16. The van der Waals surface area contributed by atoms with Gasteiger partial charge in [-0.1, -0.05) is 29.8 Å². The Kier molecular flexibility index (Phi) is 5.38. The summed E-state index contributed by atoms with van der Waals surface area (Å²) in [7, 11) is -0.546. The number of sulfonamides is 1. The van der Waals surface area contributed by atoms with Crippen LogP contribution >= 0.6 is 11.6 Å². The van der Waals surface area contributed by atoms with Gasteiger partial charge in [0.25, 0.3) is 0 Å². The van der Waals surface area contributed by atoms with Crippen molar-refractivity contribution >= 4 is 27.3 Å². The largest absolute Gasteiger partial charge is 0.497 e. The van der Waals surface area contributed by atoms with Crippen molar-refractivity contribution in [3.8, 4) is 11.5 Å². The van der Waals surface area contributed by atoms with Crippen molar-refractivity contribution in [3.63, 3.8) is 0 Å². The van der Waals surface area contributed by atoms with Crippen molar-refractivity contribution in [1.29, 1.82) is 0 Å². The molecule has 0 saturated heterocycles. The number of halogens is 1. The zero-order valence-corrected chi connectivity index (χ0v) is 14.7. The van der Waals surface area contributed by atoms with Crippen molar-refractivity contribution < 1.29 is 17.9 Å². The van der Waals surface area contributed by atoms with Gasteiger partial charge in [0.2, 0.25) is 10.0 Å². The highest BCUT2D eigenvalue weighted by Gasteiger charge is 2.23. The van der Waals surface area contributed by atoms with Crippen LogP contribution in [0, 0.1) is 0 Å². The summed E-state index contributed by atoms with van der Waals surface area (Å²) in [5.41, 5.74) is 1.10. The monoisotopic (exact) mass is 355 g/mol. The Balaban J connectivity index is 2.54. The molecule has 0 saturated carbocycles. The molecule has 5 nitrogen and oxygen atoms in total. The summed E-state index contributed by atoms with van der Waals surface area (Å²) in [6.07, 6.45) is 1.14. The lowest BCUT2D eigenvalue weighted by molar-refractivity contribution is 0.403. The molecule has 2 rings (SSSR count). The van der Waals surface area contributed by atoms with Gasteiger partial charge in [0, 0.05) is 11.1 Å². The van der Waals surface area contributed by atoms with E-state index in [-0.39, 0.29) is 6.54 Å². The summed E-state index contributed by atoms with van der Waals surface area (Å²) in [6.45, 7) is 0.0992. The van der Waals surface area contributed by atoms with Gasteiger partial charge in [0.15, 0.2) is 0 Å². The number of ether oxygens (including phenoxy) is 2. The first-order chi connectivity index (χ1) is 10.9. The summed E-state index contributed by atoms with van der Waals surface area (Å²) in [5.74, 6) is 0.969. The minimum absolute atomic E-state index is 0.0992. The maximum Gasteiger partial charge on any atom is 0.232 e. The van der Waals surface area contributed by atoms with E-state index in [4.69, 9.17) is 21.1 Å². The molecule has 0 unspecified atom stereocenters. The predicted octanol–water partition coefficient (Wildman–Crippen LogP) is 3.32. The lowest BCUT2D eigenvalue weighted by atomic mass is 10.2. The molecule has 2 aromatic carbocycles. The first kappa shape index (κ1) is 17.4. The average molecular weight is 356 g/mol. The van der Waals surface area contributed by atoms with Crippen molar-refractivity contribution in [2.75, 3.05) is 24.8 Å². The average Bonchev–Trinajstić information content (AvgIpc) is 2.52. The van der Waals surface area contributed by atoms with Crippen LogP contribution in [-0.2, 0) is 16.6 Å². The van der Waals surface area contributed by atoms with E-state index in [1.54, 1.807) is 36.4 Å². The van der Waals surface area contributed by atoms with E-state index in [0.29, 0.717) is 27.8 Å². The first-order valence-corrected chi connectivity index (χ1v) is 9.02. The fourth-order valence-corrected chi connectivity index (χ4v) is 3.22. The lowest BCUT2D eigenvalue weighted by Crippen LogP contribution is -2.29. The van der Waals surface area contributed by atoms with Crippen molar-refractivity contribution in [2.24, 2.45) is 0 Å². The van der Waals surface area contributed by atoms with Gasteiger partial charge in [-0.15, -0.1) is 0 Å². The zero-order chi connectivity index (χ0) is 17.0. The molecule has 0 atom stereocenters. The summed E-state index contributed by atoms with van der Waals surface area (Å²) < 4.78 is 36.3. The number of methoxy groups -OCH3 is 2. The van der Waals surface area contributed by atoms with E-state index in [0.717, 1.165) is 6.26 Å². The lowest BCUT2D eigenvalue weighted by Gasteiger charge is -2.25. The van der Waals surface area contributed by atoms with Crippen LogP contribution in [0.15, 0.2) is 42.5 Å². The number of hydrogen-bond donors (Lipinski definition) is 0. The fraction of sp³-hybridized carbons (Fsp3) is 0.250. The molecule has 2 aromatic rings. The van der Waals surface area contributed by atoms with Gasteiger partial charge in [0.05, 0.1) is 32.7 Å². The van der Waals surface area contributed by atoms with Crippen LogP contribution in [0.4, 0.5) is 5.69 Å². The van der Waals surface area contributed by atoms with E-state index in [1.165, 1.54) is 18.5 Å². The fourth-order valence-electron chi connectivity index (χ4n) is 2.15. The molecule has 0 aliphatic carbocycles. The minimum Gasteiger partial charge on any atom is -0.497 e. The van der Waals surface area contributed by atoms with Crippen LogP contribution in [0.25, 0.3) is 0 Å². The quantitative estimate of drug-likeness (QED) is 0.797. The second kappa shape index (κ2) is 7.10. The molecule has 0 fully saturated rings. The van der Waals surface area contributed by atoms with Crippen LogP contribution < -0.4 is 13.8 Å². The maximum absolute atomic E-state index is 12.3. The summed E-state index contributed by atoms with van der Waals surface area (Å²) in [4.78, 5) is 0. The van der Waals surface area contributed by atoms with Crippen LogP contribution in [0.2, 0.25) is 5.02 Å². The molecule has 0 N–H and O–H groups in total. The highest BCUT2D eigenvalue weighted by molar-refractivity contribution is 7.92. The van der Waals surface area contributed by atoms with Gasteiger partial charge in [-0.25, -0.2) is 8.42 Å². The summed E-state index contributed by atoms with van der Waals surface area (Å²) in [6, 6.07) is 12.1. The number of benzene rings is 2. The smallest absolute Gasteiger partial charge is 0.232 e. The minimum atomic E-state index is -3.55. The molecular weight excluding hydrogens is 338 g/mol. The molecule has 0 aliphatic heterocycles. The topological polar surface area (TPSA) is 55.8 Å². The van der Waals surface area contributed by atoms with Crippen LogP contribution in [-0.4, -0.2) is 28.9 Å². The van der Waals surface area contributed by atoms with E-state index in [1.807, 2.05) is 6.07 Å². The van der Waals surface area contributed by atoms with Gasteiger partial charge in [-0.2, -0.15) is 0 Å². The Bertz CT molecular complexity index is 792. The highest BCUT2D eigenvalue weighted by Crippen LogP contribution is 2.35. The zero-order valence-electron chi connectivity index (χ0n) is 13.1. The third-order valence-electron chi connectivity index (χ3n) is 3.33. The molecule has 0 spiro atoms. The third-order valence-corrected chi connectivity index (χ3v) is 4.82. The Morgan fingerprint density at radius 2 is 1.78 bits per heavy atom. The number of hydrogen-bond acceptors (Lipinski definition) is 4. The highest BCUT2D eigenvalue weighted by atomic mass is 35.5. The standard InChI is InChI=1S/C16H18ClNO4S/c1-21-13-8-9-16(22-2)15(10-13)18(23(3,19)20)11-12-6-4-5-7-14(12)17/h4-10H,11H2,1-3H3. The number of anilines is 1. The van der Waals surface area contributed by atoms with Gasteiger partial charge in [-0.05, 0) is 23.8 Å².